The highest BCUT2D eigenvalue weighted by molar-refractivity contribution is 6.39. The highest BCUT2D eigenvalue weighted by atomic mass is 16.2. The molecule has 0 aliphatic carbocycles. The number of nitrogens with one attached hydrogen (secondary N) is 1. The van der Waals surface area contributed by atoms with E-state index in [0.29, 0.717) is 12.2 Å². The lowest BCUT2D eigenvalue weighted by atomic mass is 10.1. The zero-order valence-corrected chi connectivity index (χ0v) is 18.0. The molecule has 1 fully saturated rings. The van der Waals surface area contributed by atoms with Crippen LogP contribution >= 0.6 is 0 Å². The molecule has 33 heavy (non-hydrogen) atoms. The largest absolute Gasteiger partial charge is 0.342 e. The molecule has 0 spiro atoms. The molecule has 5 rings (SSSR count). The minimum absolute atomic E-state index is 0.0862. The Morgan fingerprint density at radius 1 is 0.879 bits per heavy atom. The van der Waals surface area contributed by atoms with E-state index >= 15 is 0 Å². The van der Waals surface area contributed by atoms with Crippen LogP contribution in [0.15, 0.2) is 90.6 Å². The van der Waals surface area contributed by atoms with Crippen molar-refractivity contribution in [1.29, 1.82) is 0 Å². The van der Waals surface area contributed by atoms with Crippen molar-refractivity contribution in [2.45, 2.75) is 13.5 Å². The molecular weight excluding hydrogens is 414 g/mol. The Bertz CT molecular complexity index is 1430. The first-order valence-electron chi connectivity index (χ1n) is 10.6. The molecule has 1 aromatic heterocycles. The van der Waals surface area contributed by atoms with Crippen LogP contribution in [-0.2, 0) is 16.1 Å². The Morgan fingerprint density at radius 3 is 2.42 bits per heavy atom. The van der Waals surface area contributed by atoms with Gasteiger partial charge in [-0.15, -0.1) is 0 Å². The van der Waals surface area contributed by atoms with Crippen molar-refractivity contribution in [3.8, 4) is 0 Å². The van der Waals surface area contributed by atoms with Gasteiger partial charge in [0.25, 0.3) is 11.8 Å². The Balaban J connectivity index is 1.57. The lowest BCUT2D eigenvalue weighted by Gasteiger charge is -2.26. The standard InChI is InChI=1S/C27H21N3O3/c1-18-8-7-9-19(14-18)16-29-17-20(22-12-5-6-13-24(22)29)15-23-25(31)28-27(33)30(26(23)32)21-10-3-2-4-11-21/h2-15,17H,16H2,1H3,(H,28,31,33). The van der Waals surface area contributed by atoms with Crippen LogP contribution in [0.3, 0.4) is 0 Å². The highest BCUT2D eigenvalue weighted by Gasteiger charge is 2.36. The summed E-state index contributed by atoms with van der Waals surface area (Å²) in [5, 5.41) is 3.20. The normalized spacial score (nSPS) is 15.4. The molecule has 4 amide bonds. The van der Waals surface area contributed by atoms with Gasteiger partial charge in [-0.05, 0) is 36.8 Å². The van der Waals surface area contributed by atoms with E-state index in [4.69, 9.17) is 0 Å². The molecule has 1 aliphatic rings. The molecule has 1 N–H and O–H groups in total. The number of hydrogen-bond donors (Lipinski definition) is 1. The van der Waals surface area contributed by atoms with E-state index in [2.05, 4.69) is 35.0 Å². The second-order valence-corrected chi connectivity index (χ2v) is 8.01. The molecule has 0 bridgehead atoms. The second-order valence-electron chi connectivity index (χ2n) is 8.01. The maximum Gasteiger partial charge on any atom is 0.335 e. The van der Waals surface area contributed by atoms with Gasteiger partial charge in [0.1, 0.15) is 5.57 Å². The van der Waals surface area contributed by atoms with Crippen LogP contribution in [0.25, 0.3) is 17.0 Å². The number of rotatable bonds is 4. The summed E-state index contributed by atoms with van der Waals surface area (Å²) in [5.74, 6) is -1.35. The maximum atomic E-state index is 13.2. The number of imide groups is 2. The second kappa shape index (κ2) is 8.24. The fourth-order valence-electron chi connectivity index (χ4n) is 4.15. The number of carbonyl (C=O) groups excluding carboxylic acids is 3. The molecule has 0 radical (unpaired) electrons. The monoisotopic (exact) mass is 435 g/mol. The number of benzene rings is 3. The number of hydrogen-bond acceptors (Lipinski definition) is 3. The van der Waals surface area contributed by atoms with Gasteiger partial charge in [-0.2, -0.15) is 0 Å². The molecule has 1 saturated heterocycles. The molecule has 6 nitrogen and oxygen atoms in total. The zero-order chi connectivity index (χ0) is 22.9. The Labute approximate surface area is 190 Å². The van der Waals surface area contributed by atoms with Gasteiger partial charge in [-0.1, -0.05) is 66.2 Å². The van der Waals surface area contributed by atoms with Crippen LogP contribution in [0.2, 0.25) is 0 Å². The fraction of sp³-hybridized carbons (Fsp3) is 0.0741. The topological polar surface area (TPSA) is 71.4 Å². The summed E-state index contributed by atoms with van der Waals surface area (Å²) < 4.78 is 2.10. The lowest BCUT2D eigenvalue weighted by molar-refractivity contribution is -0.122. The summed E-state index contributed by atoms with van der Waals surface area (Å²) >= 11 is 0. The van der Waals surface area contributed by atoms with Crippen molar-refractivity contribution in [3.05, 3.63) is 107 Å². The number of para-hydroxylation sites is 2. The third-order valence-corrected chi connectivity index (χ3v) is 5.67. The third-order valence-electron chi connectivity index (χ3n) is 5.67. The molecule has 0 saturated carbocycles. The summed E-state index contributed by atoms with van der Waals surface area (Å²) in [7, 11) is 0. The summed E-state index contributed by atoms with van der Waals surface area (Å²) in [5.41, 5.74) is 4.38. The van der Waals surface area contributed by atoms with Crippen LogP contribution in [0.5, 0.6) is 0 Å². The van der Waals surface area contributed by atoms with E-state index in [0.717, 1.165) is 26.9 Å². The van der Waals surface area contributed by atoms with E-state index < -0.39 is 17.8 Å². The van der Waals surface area contributed by atoms with Gasteiger partial charge in [0.05, 0.1) is 5.69 Å². The quantitative estimate of drug-likeness (QED) is 0.374. The number of barbiturate groups is 1. The predicted octanol–water partition coefficient (Wildman–Crippen LogP) is 4.66. The number of nitrogens with zero attached hydrogens (tertiary/aromatic N) is 2. The Hall–Kier alpha value is -4.45. The van der Waals surface area contributed by atoms with Crippen molar-refractivity contribution in [2.24, 2.45) is 0 Å². The number of aryl methyl sites for hydroxylation is 1. The number of fused-ring (bicyclic) bond motifs is 1. The van der Waals surface area contributed by atoms with Crippen LogP contribution in [0, 0.1) is 6.92 Å². The first-order valence-corrected chi connectivity index (χ1v) is 10.6. The van der Waals surface area contributed by atoms with Gasteiger partial charge < -0.3 is 4.57 Å². The SMILES string of the molecule is Cc1cccc(Cn2cc(C=C3C(=O)NC(=O)N(c4ccccc4)C3=O)c3ccccc32)c1. The molecular formula is C27H21N3O3. The molecule has 0 unspecified atom stereocenters. The van der Waals surface area contributed by atoms with Gasteiger partial charge >= 0.3 is 6.03 Å². The van der Waals surface area contributed by atoms with Crippen molar-refractivity contribution >= 4 is 40.5 Å². The van der Waals surface area contributed by atoms with Crippen molar-refractivity contribution in [1.82, 2.24) is 9.88 Å². The van der Waals surface area contributed by atoms with E-state index in [1.807, 2.05) is 36.5 Å². The number of anilines is 1. The minimum Gasteiger partial charge on any atom is -0.342 e. The third kappa shape index (κ3) is 3.83. The van der Waals surface area contributed by atoms with Crippen molar-refractivity contribution < 1.29 is 14.4 Å². The van der Waals surface area contributed by atoms with Gasteiger partial charge in [0, 0.05) is 29.2 Å². The minimum atomic E-state index is -0.754. The molecule has 3 aromatic carbocycles. The van der Waals surface area contributed by atoms with Crippen molar-refractivity contribution in [2.75, 3.05) is 4.90 Å². The predicted molar refractivity (Wildman–Crippen MR) is 128 cm³/mol. The summed E-state index contributed by atoms with van der Waals surface area (Å²) in [6.45, 7) is 2.71. The summed E-state index contributed by atoms with van der Waals surface area (Å²) in [4.78, 5) is 39.2. The molecule has 6 heteroatoms. The van der Waals surface area contributed by atoms with Crippen molar-refractivity contribution in [3.63, 3.8) is 0 Å². The first-order chi connectivity index (χ1) is 16.0. The fourth-order valence-corrected chi connectivity index (χ4v) is 4.15. The number of aromatic nitrogens is 1. The summed E-state index contributed by atoms with van der Waals surface area (Å²) in [6.07, 6.45) is 3.50. The van der Waals surface area contributed by atoms with Gasteiger partial charge in [-0.25, -0.2) is 9.69 Å². The van der Waals surface area contributed by atoms with E-state index in [9.17, 15) is 14.4 Å². The molecule has 1 aliphatic heterocycles. The number of urea groups is 1. The molecule has 0 atom stereocenters. The van der Waals surface area contributed by atoms with Gasteiger partial charge in [0.15, 0.2) is 0 Å². The molecule has 4 aromatic rings. The Morgan fingerprint density at radius 2 is 1.64 bits per heavy atom. The van der Waals surface area contributed by atoms with E-state index in [1.54, 1.807) is 36.4 Å². The lowest BCUT2D eigenvalue weighted by Crippen LogP contribution is -2.54. The smallest absolute Gasteiger partial charge is 0.335 e. The molecule has 162 valence electrons. The van der Waals surface area contributed by atoms with Crippen LogP contribution in [0.4, 0.5) is 10.5 Å². The highest BCUT2D eigenvalue weighted by Crippen LogP contribution is 2.27. The van der Waals surface area contributed by atoms with Gasteiger partial charge in [-0.3, -0.25) is 14.9 Å². The molecule has 2 heterocycles. The zero-order valence-electron chi connectivity index (χ0n) is 18.0. The van der Waals surface area contributed by atoms with E-state index in [-0.39, 0.29) is 5.57 Å². The average Bonchev–Trinajstić information content (AvgIpc) is 3.14. The van der Waals surface area contributed by atoms with Crippen LogP contribution in [-0.4, -0.2) is 22.4 Å². The number of carbonyl (C=O) groups is 3. The van der Waals surface area contributed by atoms with Gasteiger partial charge in [0.2, 0.25) is 0 Å². The average molecular weight is 435 g/mol. The maximum absolute atomic E-state index is 13.2. The summed E-state index contributed by atoms with van der Waals surface area (Å²) in [6, 6.07) is 23.9. The number of amides is 4. The Kier molecular flexibility index (Phi) is 5.11. The van der Waals surface area contributed by atoms with Crippen LogP contribution in [0.1, 0.15) is 16.7 Å². The van der Waals surface area contributed by atoms with E-state index in [1.165, 1.54) is 5.56 Å². The first kappa shape index (κ1) is 20.5. The van der Waals surface area contributed by atoms with Crippen LogP contribution < -0.4 is 10.2 Å².